The SMILES string of the molecule is CNCCCc1cccc2c1C(C)CN2C. The molecule has 88 valence electrons. The lowest BCUT2D eigenvalue weighted by Gasteiger charge is -2.13. The topological polar surface area (TPSA) is 15.3 Å². The second kappa shape index (κ2) is 4.88. The van der Waals surface area contributed by atoms with E-state index in [-0.39, 0.29) is 0 Å². The second-order valence-electron chi connectivity index (χ2n) is 4.84. The van der Waals surface area contributed by atoms with Gasteiger partial charge in [0.05, 0.1) is 0 Å². The number of fused-ring (bicyclic) bond motifs is 1. The van der Waals surface area contributed by atoms with E-state index in [0.717, 1.165) is 6.54 Å². The van der Waals surface area contributed by atoms with Gasteiger partial charge in [0, 0.05) is 25.2 Å². The van der Waals surface area contributed by atoms with Gasteiger partial charge in [-0.05, 0) is 43.6 Å². The van der Waals surface area contributed by atoms with Crippen molar-refractivity contribution in [3.8, 4) is 0 Å². The van der Waals surface area contributed by atoms with E-state index in [2.05, 4.69) is 42.4 Å². The Labute approximate surface area is 98.7 Å². The average Bonchev–Trinajstić information content (AvgIpc) is 2.56. The molecule has 1 aromatic rings. The largest absolute Gasteiger partial charge is 0.374 e. The van der Waals surface area contributed by atoms with E-state index in [1.807, 2.05) is 7.05 Å². The Morgan fingerprint density at radius 3 is 3.00 bits per heavy atom. The molecule has 0 aliphatic carbocycles. The van der Waals surface area contributed by atoms with Crippen LogP contribution in [-0.4, -0.2) is 27.2 Å². The summed E-state index contributed by atoms with van der Waals surface area (Å²) in [5, 5.41) is 3.22. The van der Waals surface area contributed by atoms with Gasteiger partial charge in [0.1, 0.15) is 0 Å². The zero-order valence-electron chi connectivity index (χ0n) is 10.6. The van der Waals surface area contributed by atoms with Crippen molar-refractivity contribution < 1.29 is 0 Å². The lowest BCUT2D eigenvalue weighted by molar-refractivity contribution is 0.714. The monoisotopic (exact) mass is 218 g/mol. The lowest BCUT2D eigenvalue weighted by atomic mass is 9.94. The predicted octanol–water partition coefficient (Wildman–Crippen LogP) is 2.39. The van der Waals surface area contributed by atoms with Crippen molar-refractivity contribution in [3.63, 3.8) is 0 Å². The Morgan fingerprint density at radius 1 is 1.44 bits per heavy atom. The van der Waals surface area contributed by atoms with Gasteiger partial charge in [-0.2, -0.15) is 0 Å². The summed E-state index contributed by atoms with van der Waals surface area (Å²) in [6.45, 7) is 4.61. The zero-order valence-corrected chi connectivity index (χ0v) is 10.6. The molecule has 0 amide bonds. The highest BCUT2D eigenvalue weighted by Crippen LogP contribution is 2.37. The van der Waals surface area contributed by atoms with E-state index in [9.17, 15) is 0 Å². The quantitative estimate of drug-likeness (QED) is 0.781. The van der Waals surface area contributed by atoms with Gasteiger partial charge in [-0.1, -0.05) is 19.1 Å². The van der Waals surface area contributed by atoms with Crippen LogP contribution in [0.4, 0.5) is 5.69 Å². The number of likely N-dealkylation sites (N-methyl/N-ethyl adjacent to an activating group) is 1. The molecule has 0 radical (unpaired) electrons. The zero-order chi connectivity index (χ0) is 11.5. The standard InChI is InChI=1S/C14H22N2/c1-11-10-16(3)13-8-4-6-12(14(11)13)7-5-9-15-2/h4,6,8,11,15H,5,7,9-10H2,1-3H3. The maximum absolute atomic E-state index is 3.22. The summed E-state index contributed by atoms with van der Waals surface area (Å²) < 4.78 is 0. The maximum atomic E-state index is 3.22. The van der Waals surface area contributed by atoms with E-state index < -0.39 is 0 Å². The van der Waals surface area contributed by atoms with Gasteiger partial charge in [0.15, 0.2) is 0 Å². The van der Waals surface area contributed by atoms with E-state index in [1.54, 1.807) is 11.1 Å². The average molecular weight is 218 g/mol. The summed E-state index contributed by atoms with van der Waals surface area (Å²) in [4.78, 5) is 2.38. The number of benzene rings is 1. The number of aryl methyl sites for hydroxylation is 1. The number of hydrogen-bond acceptors (Lipinski definition) is 2. The van der Waals surface area contributed by atoms with Crippen LogP contribution in [-0.2, 0) is 6.42 Å². The Hall–Kier alpha value is -1.02. The maximum Gasteiger partial charge on any atom is 0.0402 e. The molecule has 2 rings (SSSR count). The number of hydrogen-bond donors (Lipinski definition) is 1. The molecule has 0 aromatic heterocycles. The summed E-state index contributed by atoms with van der Waals surface area (Å²) >= 11 is 0. The molecule has 1 aliphatic rings. The van der Waals surface area contributed by atoms with Crippen molar-refractivity contribution in [1.29, 1.82) is 0 Å². The third kappa shape index (κ3) is 2.07. The fourth-order valence-corrected chi connectivity index (χ4v) is 2.78. The normalized spacial score (nSPS) is 18.9. The highest BCUT2D eigenvalue weighted by Gasteiger charge is 2.24. The van der Waals surface area contributed by atoms with Gasteiger partial charge in [0.25, 0.3) is 0 Å². The van der Waals surface area contributed by atoms with Crippen molar-refractivity contribution in [2.75, 3.05) is 32.1 Å². The van der Waals surface area contributed by atoms with Crippen LogP contribution in [0.2, 0.25) is 0 Å². The summed E-state index contributed by atoms with van der Waals surface area (Å²) in [7, 11) is 4.21. The number of nitrogens with zero attached hydrogens (tertiary/aromatic N) is 1. The first kappa shape index (κ1) is 11.5. The highest BCUT2D eigenvalue weighted by molar-refractivity contribution is 5.62. The molecule has 0 saturated heterocycles. The number of anilines is 1. The van der Waals surface area contributed by atoms with Crippen molar-refractivity contribution in [3.05, 3.63) is 29.3 Å². The van der Waals surface area contributed by atoms with Crippen LogP contribution in [0.5, 0.6) is 0 Å². The van der Waals surface area contributed by atoms with Crippen LogP contribution in [0, 0.1) is 0 Å². The molecular weight excluding hydrogens is 196 g/mol. The second-order valence-corrected chi connectivity index (χ2v) is 4.84. The lowest BCUT2D eigenvalue weighted by Crippen LogP contribution is -2.13. The molecular formula is C14H22N2. The van der Waals surface area contributed by atoms with Gasteiger partial charge in [-0.3, -0.25) is 0 Å². The Balaban J connectivity index is 2.20. The van der Waals surface area contributed by atoms with E-state index in [1.165, 1.54) is 25.1 Å². The molecule has 16 heavy (non-hydrogen) atoms. The summed E-state index contributed by atoms with van der Waals surface area (Å²) in [6, 6.07) is 6.74. The molecule has 2 nitrogen and oxygen atoms in total. The van der Waals surface area contributed by atoms with Gasteiger partial charge >= 0.3 is 0 Å². The molecule has 2 heteroatoms. The van der Waals surface area contributed by atoms with Crippen molar-refractivity contribution in [2.45, 2.75) is 25.7 Å². The van der Waals surface area contributed by atoms with Crippen LogP contribution in [0.1, 0.15) is 30.4 Å². The molecule has 1 unspecified atom stereocenters. The van der Waals surface area contributed by atoms with Gasteiger partial charge < -0.3 is 10.2 Å². The Bertz CT molecular complexity index is 360. The minimum atomic E-state index is 0.686. The van der Waals surface area contributed by atoms with Gasteiger partial charge in [-0.25, -0.2) is 0 Å². The minimum absolute atomic E-state index is 0.686. The minimum Gasteiger partial charge on any atom is -0.374 e. The molecule has 0 saturated carbocycles. The smallest absolute Gasteiger partial charge is 0.0402 e. The third-order valence-corrected chi connectivity index (χ3v) is 3.50. The van der Waals surface area contributed by atoms with E-state index in [4.69, 9.17) is 0 Å². The fraction of sp³-hybridized carbons (Fsp3) is 0.571. The molecule has 1 atom stereocenters. The van der Waals surface area contributed by atoms with E-state index >= 15 is 0 Å². The third-order valence-electron chi connectivity index (χ3n) is 3.50. The van der Waals surface area contributed by atoms with Crippen LogP contribution in [0.3, 0.4) is 0 Å². The Morgan fingerprint density at radius 2 is 2.25 bits per heavy atom. The van der Waals surface area contributed by atoms with Crippen molar-refractivity contribution >= 4 is 5.69 Å². The first-order valence-corrected chi connectivity index (χ1v) is 6.21. The molecule has 1 aliphatic heterocycles. The number of rotatable bonds is 4. The van der Waals surface area contributed by atoms with Crippen LogP contribution >= 0.6 is 0 Å². The number of nitrogens with one attached hydrogen (secondary N) is 1. The van der Waals surface area contributed by atoms with Crippen molar-refractivity contribution in [2.24, 2.45) is 0 Å². The summed E-state index contributed by atoms with van der Waals surface area (Å²) in [5.74, 6) is 0.686. The van der Waals surface area contributed by atoms with E-state index in [0.29, 0.717) is 5.92 Å². The molecule has 0 spiro atoms. The van der Waals surface area contributed by atoms with Gasteiger partial charge in [0.2, 0.25) is 0 Å². The van der Waals surface area contributed by atoms with Crippen LogP contribution in [0.25, 0.3) is 0 Å². The summed E-state index contributed by atoms with van der Waals surface area (Å²) in [6.07, 6.45) is 2.42. The highest BCUT2D eigenvalue weighted by atomic mass is 15.1. The Kier molecular flexibility index (Phi) is 3.49. The molecule has 1 aromatic carbocycles. The van der Waals surface area contributed by atoms with Crippen LogP contribution in [0.15, 0.2) is 18.2 Å². The van der Waals surface area contributed by atoms with Crippen LogP contribution < -0.4 is 10.2 Å². The first-order valence-electron chi connectivity index (χ1n) is 6.21. The molecule has 1 N–H and O–H groups in total. The fourth-order valence-electron chi connectivity index (χ4n) is 2.78. The molecule has 0 fully saturated rings. The van der Waals surface area contributed by atoms with Gasteiger partial charge in [-0.15, -0.1) is 0 Å². The first-order chi connectivity index (χ1) is 7.74. The molecule has 0 bridgehead atoms. The predicted molar refractivity (Wildman–Crippen MR) is 70.4 cm³/mol. The molecule has 1 heterocycles. The van der Waals surface area contributed by atoms with Crippen molar-refractivity contribution in [1.82, 2.24) is 5.32 Å². The summed E-state index contributed by atoms with van der Waals surface area (Å²) in [5.41, 5.74) is 4.57.